The molecule has 1 aliphatic heterocycles. The van der Waals surface area contributed by atoms with Gasteiger partial charge < -0.3 is 40.3 Å². The maximum Gasteiger partial charge on any atom is 0.220 e. The Labute approximate surface area is 267 Å². The Bertz CT molecular complexity index is 706. The standard InChI is InChI=1S/C35H67NO8/c1-3-5-7-9-11-13-15-17-19-21-23-25-31(39)36-28(27-43-35-34(42)33(41)32(40)30(26-37)44-35)29(38)24-22-20-18-16-14-12-10-8-6-4-2/h9,11,28-30,32-35,37-38,40-42H,3-8,10,12-27H2,1-2H3,(H,36,39)/b11-9-. The summed E-state index contributed by atoms with van der Waals surface area (Å²) in [7, 11) is 0. The molecule has 6 N–H and O–H groups in total. The second-order valence-electron chi connectivity index (χ2n) is 12.7. The van der Waals surface area contributed by atoms with Crippen LogP contribution in [0.1, 0.15) is 149 Å². The lowest BCUT2D eigenvalue weighted by Gasteiger charge is -2.40. The molecule has 0 aromatic heterocycles. The van der Waals surface area contributed by atoms with Gasteiger partial charge in [-0.1, -0.05) is 122 Å². The molecule has 0 saturated carbocycles. The monoisotopic (exact) mass is 629 g/mol. The number of allylic oxidation sites excluding steroid dienone is 2. The van der Waals surface area contributed by atoms with Crippen LogP contribution in [0.2, 0.25) is 0 Å². The van der Waals surface area contributed by atoms with E-state index in [-0.39, 0.29) is 12.5 Å². The molecule has 1 aliphatic rings. The van der Waals surface area contributed by atoms with Crippen LogP contribution < -0.4 is 5.32 Å². The second-order valence-corrected chi connectivity index (χ2v) is 12.7. The van der Waals surface area contributed by atoms with Gasteiger partial charge in [0.25, 0.3) is 0 Å². The molecule has 0 aromatic carbocycles. The lowest BCUT2D eigenvalue weighted by Crippen LogP contribution is -2.60. The average Bonchev–Trinajstić information content (AvgIpc) is 3.02. The number of aliphatic hydroxyl groups excluding tert-OH is 5. The molecule has 0 aromatic rings. The summed E-state index contributed by atoms with van der Waals surface area (Å²) in [5.41, 5.74) is 0. The summed E-state index contributed by atoms with van der Waals surface area (Å²) >= 11 is 0. The third-order valence-electron chi connectivity index (χ3n) is 8.62. The first-order chi connectivity index (χ1) is 21.3. The molecule has 9 heteroatoms. The zero-order chi connectivity index (χ0) is 32.4. The lowest BCUT2D eigenvalue weighted by molar-refractivity contribution is -0.302. The van der Waals surface area contributed by atoms with E-state index in [1.807, 2.05) is 0 Å². The van der Waals surface area contributed by atoms with Crippen LogP contribution in [0.15, 0.2) is 12.2 Å². The van der Waals surface area contributed by atoms with Crippen molar-refractivity contribution in [1.82, 2.24) is 5.32 Å². The van der Waals surface area contributed by atoms with Crippen LogP contribution in [0.5, 0.6) is 0 Å². The van der Waals surface area contributed by atoms with Gasteiger partial charge in [0.2, 0.25) is 5.91 Å². The van der Waals surface area contributed by atoms with Gasteiger partial charge in [0.05, 0.1) is 25.4 Å². The van der Waals surface area contributed by atoms with Gasteiger partial charge in [0, 0.05) is 6.42 Å². The first-order valence-corrected chi connectivity index (χ1v) is 17.9. The van der Waals surface area contributed by atoms with Crippen molar-refractivity contribution in [3.8, 4) is 0 Å². The van der Waals surface area contributed by atoms with Gasteiger partial charge in [-0.25, -0.2) is 0 Å². The van der Waals surface area contributed by atoms with Crippen molar-refractivity contribution < 1.29 is 39.8 Å². The lowest BCUT2D eigenvalue weighted by atomic mass is 9.99. The Kier molecular flexibility index (Phi) is 25.2. The van der Waals surface area contributed by atoms with Gasteiger partial charge in [-0.05, 0) is 32.1 Å². The summed E-state index contributed by atoms with van der Waals surface area (Å²) in [4.78, 5) is 12.8. The number of unbranched alkanes of at least 4 members (excludes halogenated alkanes) is 16. The third kappa shape index (κ3) is 18.8. The second kappa shape index (κ2) is 27.1. The maximum absolute atomic E-state index is 12.8. The largest absolute Gasteiger partial charge is 0.394 e. The number of rotatable bonds is 28. The van der Waals surface area contributed by atoms with E-state index in [4.69, 9.17) is 9.47 Å². The Balaban J connectivity index is 2.47. The van der Waals surface area contributed by atoms with E-state index in [2.05, 4.69) is 31.3 Å². The summed E-state index contributed by atoms with van der Waals surface area (Å²) < 4.78 is 11.2. The van der Waals surface area contributed by atoms with Crippen molar-refractivity contribution >= 4 is 5.91 Å². The van der Waals surface area contributed by atoms with E-state index in [0.717, 1.165) is 64.2 Å². The molecular weight excluding hydrogens is 562 g/mol. The molecule has 1 amide bonds. The van der Waals surface area contributed by atoms with Crippen LogP contribution in [-0.2, 0) is 14.3 Å². The van der Waals surface area contributed by atoms with Crippen LogP contribution in [0, 0.1) is 0 Å². The molecule has 1 fully saturated rings. The number of hydrogen-bond donors (Lipinski definition) is 6. The Morgan fingerprint density at radius 2 is 1.30 bits per heavy atom. The highest BCUT2D eigenvalue weighted by Crippen LogP contribution is 2.23. The number of carbonyl (C=O) groups is 1. The molecule has 0 spiro atoms. The fourth-order valence-electron chi connectivity index (χ4n) is 5.61. The summed E-state index contributed by atoms with van der Waals surface area (Å²) in [6.07, 6.45) is 19.4. The van der Waals surface area contributed by atoms with Crippen molar-refractivity contribution in [3.63, 3.8) is 0 Å². The number of amides is 1. The molecule has 0 radical (unpaired) electrons. The highest BCUT2D eigenvalue weighted by atomic mass is 16.7. The van der Waals surface area contributed by atoms with E-state index >= 15 is 0 Å². The molecule has 7 atom stereocenters. The minimum absolute atomic E-state index is 0.140. The minimum atomic E-state index is -1.55. The summed E-state index contributed by atoms with van der Waals surface area (Å²) in [6.45, 7) is 3.73. The summed E-state index contributed by atoms with van der Waals surface area (Å²) in [5, 5.41) is 53.8. The van der Waals surface area contributed by atoms with Crippen LogP contribution in [0.4, 0.5) is 0 Å². The Morgan fingerprint density at radius 1 is 0.750 bits per heavy atom. The SMILES string of the molecule is CCCC/C=C\CCCCCCCC(=O)NC(COC1OC(CO)C(O)C(O)C1O)C(O)CCCCCCCCCCCC. The zero-order valence-corrected chi connectivity index (χ0v) is 27.9. The Morgan fingerprint density at radius 3 is 1.91 bits per heavy atom. The molecule has 9 nitrogen and oxygen atoms in total. The first-order valence-electron chi connectivity index (χ1n) is 17.9. The van der Waals surface area contributed by atoms with Crippen molar-refractivity contribution in [2.24, 2.45) is 0 Å². The zero-order valence-electron chi connectivity index (χ0n) is 27.9. The number of aliphatic hydroxyl groups is 5. The topological polar surface area (TPSA) is 149 Å². The first kappa shape index (κ1) is 41.0. The summed E-state index contributed by atoms with van der Waals surface area (Å²) in [5.74, 6) is -0.159. The number of nitrogens with one attached hydrogen (secondary N) is 1. The van der Waals surface area contributed by atoms with Crippen molar-refractivity contribution in [1.29, 1.82) is 0 Å². The van der Waals surface area contributed by atoms with Crippen LogP contribution in [-0.4, -0.2) is 87.5 Å². The minimum Gasteiger partial charge on any atom is -0.394 e. The molecule has 0 bridgehead atoms. The van der Waals surface area contributed by atoms with Crippen LogP contribution in [0.25, 0.3) is 0 Å². The van der Waals surface area contributed by atoms with E-state index in [0.29, 0.717) is 12.8 Å². The fraction of sp³-hybridized carbons (Fsp3) is 0.914. The van der Waals surface area contributed by atoms with Crippen molar-refractivity contribution in [2.45, 2.75) is 192 Å². The van der Waals surface area contributed by atoms with Gasteiger partial charge in [-0.15, -0.1) is 0 Å². The van der Waals surface area contributed by atoms with E-state index in [9.17, 15) is 30.3 Å². The molecule has 1 saturated heterocycles. The predicted octanol–water partition coefficient (Wildman–Crippen LogP) is 5.44. The normalized spacial score (nSPS) is 23.7. The quantitative estimate of drug-likeness (QED) is 0.0495. The van der Waals surface area contributed by atoms with Crippen LogP contribution in [0.3, 0.4) is 0 Å². The van der Waals surface area contributed by atoms with Crippen molar-refractivity contribution in [2.75, 3.05) is 13.2 Å². The molecule has 44 heavy (non-hydrogen) atoms. The molecule has 7 unspecified atom stereocenters. The van der Waals surface area contributed by atoms with Gasteiger partial charge in [-0.3, -0.25) is 4.79 Å². The Hall–Kier alpha value is -1.07. The van der Waals surface area contributed by atoms with Gasteiger partial charge in [-0.2, -0.15) is 0 Å². The molecular formula is C35H67NO8. The maximum atomic E-state index is 12.8. The molecule has 1 heterocycles. The number of carbonyl (C=O) groups excluding carboxylic acids is 1. The molecule has 1 rings (SSSR count). The fourth-order valence-corrected chi connectivity index (χ4v) is 5.61. The van der Waals surface area contributed by atoms with Crippen molar-refractivity contribution in [3.05, 3.63) is 12.2 Å². The van der Waals surface area contributed by atoms with Gasteiger partial charge >= 0.3 is 0 Å². The van der Waals surface area contributed by atoms with E-state index in [1.165, 1.54) is 57.8 Å². The third-order valence-corrected chi connectivity index (χ3v) is 8.62. The summed E-state index contributed by atoms with van der Waals surface area (Å²) in [6, 6.07) is -0.715. The molecule has 0 aliphatic carbocycles. The number of ether oxygens (including phenoxy) is 2. The number of hydrogen-bond acceptors (Lipinski definition) is 8. The average molecular weight is 630 g/mol. The van der Waals surface area contributed by atoms with E-state index < -0.39 is 49.5 Å². The van der Waals surface area contributed by atoms with Gasteiger partial charge in [0.15, 0.2) is 6.29 Å². The van der Waals surface area contributed by atoms with Gasteiger partial charge in [0.1, 0.15) is 24.4 Å². The van der Waals surface area contributed by atoms with Crippen LogP contribution >= 0.6 is 0 Å². The highest BCUT2D eigenvalue weighted by molar-refractivity contribution is 5.76. The highest BCUT2D eigenvalue weighted by Gasteiger charge is 2.44. The van der Waals surface area contributed by atoms with E-state index in [1.54, 1.807) is 0 Å². The predicted molar refractivity (Wildman–Crippen MR) is 175 cm³/mol. The molecule has 260 valence electrons. The smallest absolute Gasteiger partial charge is 0.220 e.